The van der Waals surface area contributed by atoms with Gasteiger partial charge in [-0.05, 0) is 44.5 Å². The Balaban J connectivity index is 2.08. The van der Waals surface area contributed by atoms with Gasteiger partial charge in [-0.2, -0.15) is 0 Å². The fraction of sp³-hybridized carbons (Fsp3) is 0.200. The zero-order chi connectivity index (χ0) is 14.7. The Hall–Kier alpha value is -2.28. The molecule has 3 rings (SSSR count). The van der Waals surface area contributed by atoms with Crippen LogP contribution in [-0.2, 0) is 0 Å². The summed E-state index contributed by atoms with van der Waals surface area (Å²) in [4.78, 5) is 2.42. The van der Waals surface area contributed by atoms with Crippen LogP contribution in [0.1, 0.15) is 20.3 Å². The van der Waals surface area contributed by atoms with Crippen molar-refractivity contribution in [3.8, 4) is 0 Å². The molecule has 0 amide bonds. The lowest BCUT2D eigenvalue weighted by molar-refractivity contribution is 0.567. The number of hydrogen-bond donors (Lipinski definition) is 0. The second kappa shape index (κ2) is 5.61. The highest BCUT2D eigenvalue weighted by molar-refractivity contribution is 5.67. The second-order valence-corrected chi connectivity index (χ2v) is 5.85. The van der Waals surface area contributed by atoms with Crippen molar-refractivity contribution in [1.29, 1.82) is 0 Å². The number of hydrogen-bond acceptors (Lipinski definition) is 1. The summed E-state index contributed by atoms with van der Waals surface area (Å²) < 4.78 is 0. The largest absolute Gasteiger partial charge is 0.332 e. The second-order valence-electron chi connectivity index (χ2n) is 5.85. The maximum absolute atomic E-state index is 2.42. The van der Waals surface area contributed by atoms with Crippen LogP contribution in [0.5, 0.6) is 0 Å². The van der Waals surface area contributed by atoms with Gasteiger partial charge in [0, 0.05) is 11.4 Å². The van der Waals surface area contributed by atoms with Crippen molar-refractivity contribution in [3.05, 3.63) is 84.5 Å². The monoisotopic (exact) mass is 275 g/mol. The molecule has 106 valence electrons. The van der Waals surface area contributed by atoms with Crippen molar-refractivity contribution in [1.82, 2.24) is 0 Å². The van der Waals surface area contributed by atoms with E-state index in [-0.39, 0.29) is 5.54 Å². The third kappa shape index (κ3) is 2.78. The molecule has 1 atom stereocenters. The van der Waals surface area contributed by atoms with Crippen LogP contribution in [-0.4, -0.2) is 5.54 Å². The Kier molecular flexibility index (Phi) is 3.66. The van der Waals surface area contributed by atoms with E-state index in [1.807, 2.05) is 0 Å². The van der Waals surface area contributed by atoms with E-state index in [1.165, 1.54) is 16.9 Å². The normalized spacial score (nSPS) is 21.0. The minimum atomic E-state index is -0.0395. The molecule has 0 radical (unpaired) electrons. The Bertz CT molecular complexity index is 615. The molecule has 0 bridgehead atoms. The van der Waals surface area contributed by atoms with Gasteiger partial charge in [0.05, 0.1) is 5.54 Å². The Morgan fingerprint density at radius 2 is 1.38 bits per heavy atom. The van der Waals surface area contributed by atoms with Gasteiger partial charge in [0.15, 0.2) is 0 Å². The molecular formula is C20H21N. The summed E-state index contributed by atoms with van der Waals surface area (Å²) in [6, 6.07) is 21.2. The Labute approximate surface area is 127 Å². The quantitative estimate of drug-likeness (QED) is 0.716. The van der Waals surface area contributed by atoms with Crippen LogP contribution in [0.3, 0.4) is 0 Å². The fourth-order valence-corrected chi connectivity index (χ4v) is 2.87. The molecule has 0 N–H and O–H groups in total. The molecule has 0 unspecified atom stereocenters. The van der Waals surface area contributed by atoms with E-state index < -0.39 is 0 Å². The molecule has 2 aromatic rings. The first-order chi connectivity index (χ1) is 10.2. The van der Waals surface area contributed by atoms with Gasteiger partial charge >= 0.3 is 0 Å². The molecule has 0 heterocycles. The first-order valence-electron chi connectivity index (χ1n) is 7.45. The predicted molar refractivity (Wildman–Crippen MR) is 90.9 cm³/mol. The number of rotatable bonds is 3. The molecule has 1 aliphatic carbocycles. The van der Waals surface area contributed by atoms with Crippen molar-refractivity contribution in [2.75, 3.05) is 4.90 Å². The summed E-state index contributed by atoms with van der Waals surface area (Å²) in [6.07, 6.45) is 7.88. The van der Waals surface area contributed by atoms with Crippen LogP contribution in [0.25, 0.3) is 0 Å². The highest BCUT2D eigenvalue weighted by atomic mass is 15.2. The van der Waals surface area contributed by atoms with E-state index in [1.54, 1.807) is 0 Å². The summed E-state index contributed by atoms with van der Waals surface area (Å²) in [5.74, 6) is 0. The molecule has 2 aromatic carbocycles. The molecule has 0 aromatic heterocycles. The number of benzene rings is 2. The number of allylic oxidation sites excluding steroid dienone is 2. The standard InChI is InChI=1S/C20H21N/c1-17-13-15-20(2,16-14-17)21(18-9-5-3-6-10-18)19-11-7-4-8-12-19/h3-15H,16H2,1-2H3/t20-/m1/s1. The topological polar surface area (TPSA) is 3.24 Å². The maximum Gasteiger partial charge on any atom is 0.0643 e. The third-order valence-corrected chi connectivity index (χ3v) is 4.08. The first kappa shape index (κ1) is 13.7. The minimum absolute atomic E-state index is 0.0395. The smallest absolute Gasteiger partial charge is 0.0643 e. The number of nitrogens with zero attached hydrogens (tertiary/aromatic N) is 1. The third-order valence-electron chi connectivity index (χ3n) is 4.08. The summed E-state index contributed by atoms with van der Waals surface area (Å²) >= 11 is 0. The van der Waals surface area contributed by atoms with Crippen molar-refractivity contribution in [2.45, 2.75) is 25.8 Å². The molecule has 1 heteroatoms. The molecule has 21 heavy (non-hydrogen) atoms. The lowest BCUT2D eigenvalue weighted by Crippen LogP contribution is -2.42. The first-order valence-corrected chi connectivity index (χ1v) is 7.45. The van der Waals surface area contributed by atoms with Crippen molar-refractivity contribution >= 4 is 11.4 Å². The Morgan fingerprint density at radius 1 is 0.857 bits per heavy atom. The highest BCUT2D eigenvalue weighted by Crippen LogP contribution is 2.38. The van der Waals surface area contributed by atoms with Crippen molar-refractivity contribution in [2.24, 2.45) is 0 Å². The lowest BCUT2D eigenvalue weighted by atomic mass is 9.88. The zero-order valence-corrected chi connectivity index (χ0v) is 12.7. The average molecular weight is 275 g/mol. The SMILES string of the molecule is CC1=CC[C@](C)(N(c2ccccc2)c2ccccc2)C=C1. The Morgan fingerprint density at radius 3 is 1.81 bits per heavy atom. The zero-order valence-electron chi connectivity index (χ0n) is 12.7. The molecule has 1 nitrogen and oxygen atoms in total. The van der Waals surface area contributed by atoms with Crippen molar-refractivity contribution in [3.63, 3.8) is 0 Å². The van der Waals surface area contributed by atoms with Gasteiger partial charge in [0.25, 0.3) is 0 Å². The molecule has 0 fully saturated rings. The van der Waals surface area contributed by atoms with Crippen molar-refractivity contribution < 1.29 is 0 Å². The van der Waals surface area contributed by atoms with E-state index in [2.05, 4.69) is 97.6 Å². The molecule has 0 spiro atoms. The number of anilines is 2. The van der Waals surface area contributed by atoms with Crippen LogP contribution in [0.4, 0.5) is 11.4 Å². The van der Waals surface area contributed by atoms with E-state index in [4.69, 9.17) is 0 Å². The van der Waals surface area contributed by atoms with Crippen LogP contribution >= 0.6 is 0 Å². The maximum atomic E-state index is 2.42. The van der Waals surface area contributed by atoms with E-state index in [0.29, 0.717) is 0 Å². The summed E-state index contributed by atoms with van der Waals surface area (Å²) in [5.41, 5.74) is 3.75. The van der Waals surface area contributed by atoms with Gasteiger partial charge in [-0.1, -0.05) is 60.2 Å². The van der Waals surface area contributed by atoms with Gasteiger partial charge in [-0.25, -0.2) is 0 Å². The van der Waals surface area contributed by atoms with Gasteiger partial charge in [0.1, 0.15) is 0 Å². The molecule has 0 aliphatic heterocycles. The molecule has 0 saturated heterocycles. The van der Waals surface area contributed by atoms with Crippen LogP contribution in [0.15, 0.2) is 84.5 Å². The predicted octanol–water partition coefficient (Wildman–Crippen LogP) is 5.49. The molecule has 1 aliphatic rings. The average Bonchev–Trinajstić information content (AvgIpc) is 2.53. The summed E-state index contributed by atoms with van der Waals surface area (Å²) in [6.45, 7) is 4.46. The summed E-state index contributed by atoms with van der Waals surface area (Å²) in [7, 11) is 0. The van der Waals surface area contributed by atoms with E-state index in [9.17, 15) is 0 Å². The number of para-hydroxylation sites is 2. The fourth-order valence-electron chi connectivity index (χ4n) is 2.87. The van der Waals surface area contributed by atoms with E-state index >= 15 is 0 Å². The summed E-state index contributed by atoms with van der Waals surface area (Å²) in [5, 5.41) is 0. The lowest BCUT2D eigenvalue weighted by Gasteiger charge is -2.42. The van der Waals surface area contributed by atoms with Gasteiger partial charge in [-0.3, -0.25) is 0 Å². The van der Waals surface area contributed by atoms with Crippen LogP contribution < -0.4 is 4.90 Å². The van der Waals surface area contributed by atoms with Crippen LogP contribution in [0.2, 0.25) is 0 Å². The van der Waals surface area contributed by atoms with E-state index in [0.717, 1.165) is 6.42 Å². The minimum Gasteiger partial charge on any atom is -0.332 e. The molecule has 0 saturated carbocycles. The highest BCUT2D eigenvalue weighted by Gasteiger charge is 2.31. The molecular weight excluding hydrogens is 254 g/mol. The van der Waals surface area contributed by atoms with Crippen LogP contribution in [0, 0.1) is 0 Å². The van der Waals surface area contributed by atoms with Gasteiger partial charge < -0.3 is 4.90 Å². The van der Waals surface area contributed by atoms with Gasteiger partial charge in [-0.15, -0.1) is 0 Å². The van der Waals surface area contributed by atoms with Gasteiger partial charge in [0.2, 0.25) is 0 Å².